The Morgan fingerprint density at radius 1 is 1.57 bits per heavy atom. The molecule has 7 heteroatoms. The first-order chi connectivity index (χ1) is 10.1. The Kier molecular flexibility index (Phi) is 5.49. The van der Waals surface area contributed by atoms with Crippen LogP contribution in [-0.2, 0) is 11.3 Å². The topological polar surface area (TPSA) is 93.7 Å². The molecule has 1 fully saturated rings. The fourth-order valence-electron chi connectivity index (χ4n) is 2.74. The van der Waals surface area contributed by atoms with Crippen LogP contribution in [0.4, 0.5) is 11.4 Å². The van der Waals surface area contributed by atoms with Gasteiger partial charge in [0.2, 0.25) is 0 Å². The number of nitrogens with two attached hydrogens (primary N) is 1. The van der Waals surface area contributed by atoms with Crippen LogP contribution >= 0.6 is 0 Å². The van der Waals surface area contributed by atoms with E-state index >= 15 is 0 Å². The van der Waals surface area contributed by atoms with E-state index < -0.39 is 4.92 Å². The van der Waals surface area contributed by atoms with Gasteiger partial charge in [0.05, 0.1) is 11.0 Å². The van der Waals surface area contributed by atoms with Gasteiger partial charge in [-0.3, -0.25) is 20.9 Å². The summed E-state index contributed by atoms with van der Waals surface area (Å²) in [5.74, 6) is 5.29. The molecule has 1 aliphatic heterocycles. The van der Waals surface area contributed by atoms with E-state index in [0.717, 1.165) is 38.1 Å². The Labute approximate surface area is 124 Å². The third-order valence-electron chi connectivity index (χ3n) is 3.69. The molecule has 1 heterocycles. The molecular formula is C14H22N4O3. The fourth-order valence-corrected chi connectivity index (χ4v) is 2.74. The number of hydrazine groups is 1. The molecule has 116 valence electrons. The number of hydrogen-bond acceptors (Lipinski definition) is 6. The molecule has 7 nitrogen and oxygen atoms in total. The van der Waals surface area contributed by atoms with Crippen LogP contribution in [-0.4, -0.2) is 35.6 Å². The molecule has 2 rings (SSSR count). The van der Waals surface area contributed by atoms with Crippen LogP contribution in [0.3, 0.4) is 0 Å². The fraction of sp³-hybridized carbons (Fsp3) is 0.571. The number of anilines is 1. The summed E-state index contributed by atoms with van der Waals surface area (Å²) in [6.45, 7) is 5.28. The summed E-state index contributed by atoms with van der Waals surface area (Å²) < 4.78 is 5.67. The van der Waals surface area contributed by atoms with Crippen molar-refractivity contribution in [2.24, 2.45) is 5.84 Å². The number of piperidine rings is 1. The number of benzene rings is 1. The highest BCUT2D eigenvalue weighted by Crippen LogP contribution is 2.26. The van der Waals surface area contributed by atoms with Crippen molar-refractivity contribution < 1.29 is 9.66 Å². The van der Waals surface area contributed by atoms with E-state index in [1.54, 1.807) is 12.1 Å². The molecule has 1 saturated heterocycles. The average Bonchev–Trinajstić information content (AvgIpc) is 2.48. The second kappa shape index (κ2) is 7.35. The minimum atomic E-state index is -0.419. The lowest BCUT2D eigenvalue weighted by molar-refractivity contribution is -0.384. The van der Waals surface area contributed by atoms with E-state index in [-0.39, 0.29) is 11.8 Å². The number of nitro groups is 1. The van der Waals surface area contributed by atoms with Gasteiger partial charge in [0, 0.05) is 25.8 Å². The van der Waals surface area contributed by atoms with Crippen molar-refractivity contribution in [2.45, 2.75) is 32.4 Å². The van der Waals surface area contributed by atoms with Gasteiger partial charge in [-0.25, -0.2) is 0 Å². The van der Waals surface area contributed by atoms with Crippen LogP contribution < -0.4 is 11.3 Å². The van der Waals surface area contributed by atoms with Crippen molar-refractivity contribution >= 4 is 11.4 Å². The molecular weight excluding hydrogens is 272 g/mol. The predicted octanol–water partition coefficient (Wildman–Crippen LogP) is 1.88. The number of nitro benzene ring substituents is 1. The van der Waals surface area contributed by atoms with Gasteiger partial charge in [0.15, 0.2) is 0 Å². The third-order valence-corrected chi connectivity index (χ3v) is 3.69. The SMILES string of the molecule is CCOC1CCCN(Cc2ccc(NN)c([N+](=O)[O-])c2)C1. The maximum Gasteiger partial charge on any atom is 0.293 e. The minimum Gasteiger partial charge on any atom is -0.377 e. The Bertz CT molecular complexity index is 493. The van der Waals surface area contributed by atoms with Crippen LogP contribution in [0.25, 0.3) is 0 Å². The summed E-state index contributed by atoms with van der Waals surface area (Å²) in [6, 6.07) is 5.10. The van der Waals surface area contributed by atoms with Gasteiger partial charge in [-0.1, -0.05) is 6.07 Å². The average molecular weight is 294 g/mol. The van der Waals surface area contributed by atoms with E-state index in [1.165, 1.54) is 0 Å². The Hall–Kier alpha value is -1.70. The molecule has 0 amide bonds. The first kappa shape index (κ1) is 15.7. The predicted molar refractivity (Wildman–Crippen MR) is 80.8 cm³/mol. The van der Waals surface area contributed by atoms with Gasteiger partial charge in [-0.15, -0.1) is 0 Å². The number of likely N-dealkylation sites (tertiary alicyclic amines) is 1. The van der Waals surface area contributed by atoms with Crippen LogP contribution in [0.1, 0.15) is 25.3 Å². The van der Waals surface area contributed by atoms with Gasteiger partial charge < -0.3 is 10.2 Å². The molecule has 1 unspecified atom stereocenters. The lowest BCUT2D eigenvalue weighted by Gasteiger charge is -2.32. The van der Waals surface area contributed by atoms with Gasteiger partial charge in [0.1, 0.15) is 5.69 Å². The number of nitrogen functional groups attached to an aromatic ring is 1. The number of nitrogens with zero attached hydrogens (tertiary/aromatic N) is 2. The highest BCUT2D eigenvalue weighted by molar-refractivity contribution is 5.61. The largest absolute Gasteiger partial charge is 0.377 e. The van der Waals surface area contributed by atoms with Crippen molar-refractivity contribution in [3.8, 4) is 0 Å². The maximum absolute atomic E-state index is 11.0. The van der Waals surface area contributed by atoms with Crippen molar-refractivity contribution in [2.75, 3.05) is 25.1 Å². The summed E-state index contributed by atoms with van der Waals surface area (Å²) in [5.41, 5.74) is 3.61. The molecule has 0 bridgehead atoms. The Balaban J connectivity index is 2.05. The second-order valence-corrected chi connectivity index (χ2v) is 5.21. The normalized spacial score (nSPS) is 19.4. The van der Waals surface area contributed by atoms with Crippen molar-refractivity contribution in [1.29, 1.82) is 0 Å². The van der Waals surface area contributed by atoms with Gasteiger partial charge in [-0.2, -0.15) is 0 Å². The molecule has 1 aromatic rings. The number of ether oxygens (including phenoxy) is 1. The molecule has 1 aromatic carbocycles. The van der Waals surface area contributed by atoms with Crippen molar-refractivity contribution in [3.63, 3.8) is 0 Å². The number of hydrogen-bond donors (Lipinski definition) is 2. The van der Waals surface area contributed by atoms with Crippen molar-refractivity contribution in [3.05, 3.63) is 33.9 Å². The molecule has 0 aliphatic carbocycles. The summed E-state index contributed by atoms with van der Waals surface area (Å²) in [4.78, 5) is 12.9. The highest BCUT2D eigenvalue weighted by Gasteiger charge is 2.21. The first-order valence-electron chi connectivity index (χ1n) is 7.22. The van der Waals surface area contributed by atoms with Crippen LogP contribution in [0.2, 0.25) is 0 Å². The summed E-state index contributed by atoms with van der Waals surface area (Å²) in [7, 11) is 0. The van der Waals surface area contributed by atoms with Crippen LogP contribution in [0.15, 0.2) is 18.2 Å². The molecule has 1 atom stereocenters. The Morgan fingerprint density at radius 3 is 3.05 bits per heavy atom. The van der Waals surface area contributed by atoms with Crippen LogP contribution in [0.5, 0.6) is 0 Å². The van der Waals surface area contributed by atoms with E-state index in [2.05, 4.69) is 10.3 Å². The van der Waals surface area contributed by atoms with E-state index in [9.17, 15) is 10.1 Å². The third kappa shape index (κ3) is 4.13. The molecule has 0 spiro atoms. The van der Waals surface area contributed by atoms with E-state index in [0.29, 0.717) is 12.2 Å². The monoisotopic (exact) mass is 294 g/mol. The zero-order valence-corrected chi connectivity index (χ0v) is 12.2. The maximum atomic E-state index is 11.0. The highest BCUT2D eigenvalue weighted by atomic mass is 16.6. The van der Waals surface area contributed by atoms with E-state index in [4.69, 9.17) is 10.6 Å². The smallest absolute Gasteiger partial charge is 0.293 e. The Morgan fingerprint density at radius 2 is 2.38 bits per heavy atom. The quantitative estimate of drug-likeness (QED) is 0.472. The zero-order valence-electron chi connectivity index (χ0n) is 12.2. The summed E-state index contributed by atoms with van der Waals surface area (Å²) in [6.07, 6.45) is 2.44. The lowest BCUT2D eigenvalue weighted by atomic mass is 10.1. The lowest BCUT2D eigenvalue weighted by Crippen LogP contribution is -2.39. The molecule has 3 N–H and O–H groups in total. The van der Waals surface area contributed by atoms with E-state index in [1.807, 2.05) is 13.0 Å². The summed E-state index contributed by atoms with van der Waals surface area (Å²) >= 11 is 0. The number of rotatable bonds is 6. The minimum absolute atomic E-state index is 0.00775. The van der Waals surface area contributed by atoms with Crippen molar-refractivity contribution in [1.82, 2.24) is 4.90 Å². The summed E-state index contributed by atoms with van der Waals surface area (Å²) in [5, 5.41) is 11.0. The molecule has 21 heavy (non-hydrogen) atoms. The first-order valence-corrected chi connectivity index (χ1v) is 7.22. The standard InChI is InChI=1S/C14H22N4O3/c1-2-21-12-4-3-7-17(10-12)9-11-5-6-13(16-15)14(8-11)18(19)20/h5-6,8,12,16H,2-4,7,9-10,15H2,1H3. The molecule has 0 saturated carbocycles. The molecule has 0 aromatic heterocycles. The zero-order chi connectivity index (χ0) is 15.2. The molecule has 1 aliphatic rings. The van der Waals surface area contributed by atoms with Gasteiger partial charge >= 0.3 is 0 Å². The molecule has 0 radical (unpaired) electrons. The number of nitrogens with one attached hydrogen (secondary N) is 1. The van der Waals surface area contributed by atoms with Crippen LogP contribution in [0, 0.1) is 10.1 Å². The van der Waals surface area contributed by atoms with Gasteiger partial charge in [-0.05, 0) is 37.9 Å². The van der Waals surface area contributed by atoms with Gasteiger partial charge in [0.25, 0.3) is 5.69 Å². The second-order valence-electron chi connectivity index (χ2n) is 5.21.